The lowest BCUT2D eigenvalue weighted by atomic mass is 9.83. The van der Waals surface area contributed by atoms with Crippen LogP contribution in [0.2, 0.25) is 5.02 Å². The number of anilines is 3. The van der Waals surface area contributed by atoms with E-state index in [1.807, 2.05) is 35.8 Å². The van der Waals surface area contributed by atoms with Crippen molar-refractivity contribution in [2.75, 3.05) is 35.7 Å². The number of fused-ring (bicyclic) bond motifs is 4. The molecule has 2 bridgehead atoms. The zero-order chi connectivity index (χ0) is 29.4. The largest absolute Gasteiger partial charge is 0.497 e. The van der Waals surface area contributed by atoms with E-state index < -0.39 is 0 Å². The van der Waals surface area contributed by atoms with E-state index in [2.05, 4.69) is 15.5 Å². The van der Waals surface area contributed by atoms with Crippen LogP contribution >= 0.6 is 11.6 Å². The van der Waals surface area contributed by atoms with E-state index >= 15 is 0 Å². The fourth-order valence-electron chi connectivity index (χ4n) is 6.01. The second-order valence-electron chi connectivity index (χ2n) is 10.9. The minimum absolute atomic E-state index is 0.0356. The van der Waals surface area contributed by atoms with Crippen molar-refractivity contribution >= 4 is 40.5 Å². The fourth-order valence-corrected chi connectivity index (χ4v) is 6.18. The predicted molar refractivity (Wildman–Crippen MR) is 165 cm³/mol. The maximum absolute atomic E-state index is 13.4. The van der Waals surface area contributed by atoms with Crippen molar-refractivity contribution in [3.63, 3.8) is 0 Å². The van der Waals surface area contributed by atoms with E-state index in [4.69, 9.17) is 16.3 Å². The van der Waals surface area contributed by atoms with Gasteiger partial charge in [-0.15, -0.1) is 0 Å². The number of hydrogen-bond donors (Lipinski definition) is 2. The van der Waals surface area contributed by atoms with Crippen LogP contribution in [0.1, 0.15) is 44.3 Å². The number of rotatable bonds is 6. The Morgan fingerprint density at radius 2 is 1.60 bits per heavy atom. The smallest absolute Gasteiger partial charge is 0.255 e. The van der Waals surface area contributed by atoms with E-state index in [1.54, 1.807) is 61.7 Å². The van der Waals surface area contributed by atoms with Gasteiger partial charge in [-0.2, -0.15) is 0 Å². The summed E-state index contributed by atoms with van der Waals surface area (Å²) < 4.78 is 7.13. The van der Waals surface area contributed by atoms with Crippen LogP contribution in [-0.4, -0.2) is 36.6 Å². The molecule has 2 amide bonds. The quantitative estimate of drug-likeness (QED) is 0.293. The van der Waals surface area contributed by atoms with E-state index in [9.17, 15) is 14.4 Å². The number of amides is 2. The number of nitrogens with one attached hydrogen (secondary N) is 2. The molecule has 8 nitrogen and oxygen atoms in total. The number of piperidine rings is 1. The number of hydrogen-bond acceptors (Lipinski definition) is 5. The van der Waals surface area contributed by atoms with Gasteiger partial charge < -0.3 is 24.8 Å². The van der Waals surface area contributed by atoms with Crippen LogP contribution in [0, 0.1) is 12.8 Å². The molecule has 0 aliphatic carbocycles. The SMILES string of the molecule is COc1ccc(C(=O)Nc2cc(C(=O)Nc3cc(Cl)ccc3C)ccc2N2C[C@H]3C[C@@H](C2)c2cccc(=O)n2C3)cc1. The summed E-state index contributed by atoms with van der Waals surface area (Å²) in [7, 11) is 1.57. The maximum atomic E-state index is 13.4. The molecule has 3 heterocycles. The molecule has 0 saturated carbocycles. The van der Waals surface area contributed by atoms with Crippen molar-refractivity contribution in [3.8, 4) is 5.75 Å². The molecule has 6 rings (SSSR count). The summed E-state index contributed by atoms with van der Waals surface area (Å²) in [5.41, 5.74) is 4.82. The Kier molecular flexibility index (Phi) is 7.47. The molecule has 3 aromatic carbocycles. The first kappa shape index (κ1) is 27.6. The summed E-state index contributed by atoms with van der Waals surface area (Å²) >= 11 is 6.16. The number of carbonyl (C=O) groups excluding carboxylic acids is 2. The Bertz CT molecular complexity index is 1730. The Labute approximate surface area is 248 Å². The Balaban J connectivity index is 1.33. The van der Waals surface area contributed by atoms with E-state index in [-0.39, 0.29) is 29.2 Å². The molecular formula is C33H31ClN4O4. The first-order valence-corrected chi connectivity index (χ1v) is 14.3. The first-order chi connectivity index (χ1) is 20.3. The highest BCUT2D eigenvalue weighted by Crippen LogP contribution is 2.39. The van der Waals surface area contributed by atoms with Crippen molar-refractivity contribution < 1.29 is 14.3 Å². The van der Waals surface area contributed by atoms with Crippen LogP contribution in [0.25, 0.3) is 0 Å². The molecule has 0 radical (unpaired) electrons. The van der Waals surface area contributed by atoms with Gasteiger partial charge in [0, 0.05) is 59.1 Å². The molecule has 1 saturated heterocycles. The average Bonchev–Trinajstić information content (AvgIpc) is 2.99. The molecule has 2 atom stereocenters. The summed E-state index contributed by atoms with van der Waals surface area (Å²) in [5, 5.41) is 6.53. The summed E-state index contributed by atoms with van der Waals surface area (Å²) in [6, 6.07) is 23.1. The Morgan fingerprint density at radius 1 is 0.857 bits per heavy atom. The van der Waals surface area contributed by atoms with Crippen LogP contribution in [-0.2, 0) is 6.54 Å². The molecule has 9 heteroatoms. The highest BCUT2D eigenvalue weighted by Gasteiger charge is 2.35. The lowest BCUT2D eigenvalue weighted by molar-refractivity contribution is 0.101. The number of ether oxygens (including phenoxy) is 1. The standard InChI is InChI=1S/C33H31ClN4O4/c1-20-6-10-25(34)16-27(20)35-33(41)23-9-13-30(28(15-23)36-32(40)22-7-11-26(42-2)12-8-22)37-17-21-14-24(19-37)29-4-3-5-31(39)38(29)18-21/h3-13,15-16,21,24H,14,17-19H2,1-2H3,(H,35,41)(H,36,40)/t21-,24+/m1/s1. The monoisotopic (exact) mass is 582 g/mol. The Morgan fingerprint density at radius 3 is 2.38 bits per heavy atom. The van der Waals surface area contributed by atoms with Crippen LogP contribution in [0.4, 0.5) is 17.1 Å². The molecule has 2 aliphatic heterocycles. The van der Waals surface area contributed by atoms with Gasteiger partial charge in [-0.25, -0.2) is 0 Å². The number of aryl methyl sites for hydroxylation is 1. The first-order valence-electron chi connectivity index (χ1n) is 13.9. The van der Waals surface area contributed by atoms with E-state index in [0.29, 0.717) is 46.4 Å². The molecule has 214 valence electrons. The molecule has 0 spiro atoms. The molecular weight excluding hydrogens is 552 g/mol. The van der Waals surface area contributed by atoms with Gasteiger partial charge in [0.05, 0.1) is 18.5 Å². The third-order valence-corrected chi connectivity index (χ3v) is 8.36. The molecule has 2 N–H and O–H groups in total. The van der Waals surface area contributed by atoms with Crippen LogP contribution in [0.15, 0.2) is 83.7 Å². The van der Waals surface area contributed by atoms with E-state index in [1.165, 1.54) is 0 Å². The van der Waals surface area contributed by atoms with Crippen LogP contribution in [0.3, 0.4) is 0 Å². The number of pyridine rings is 1. The third kappa shape index (κ3) is 5.50. The van der Waals surface area contributed by atoms with Gasteiger partial charge in [-0.05, 0) is 85.5 Å². The fraction of sp³-hybridized carbons (Fsp3) is 0.242. The van der Waals surface area contributed by atoms with Gasteiger partial charge in [-0.1, -0.05) is 23.7 Å². The minimum Gasteiger partial charge on any atom is -0.497 e. The van der Waals surface area contributed by atoms with Crippen molar-refractivity contribution in [2.45, 2.75) is 25.8 Å². The number of carbonyl (C=O) groups is 2. The average molecular weight is 583 g/mol. The topological polar surface area (TPSA) is 92.7 Å². The molecule has 1 fully saturated rings. The van der Waals surface area contributed by atoms with Crippen molar-refractivity contribution in [1.82, 2.24) is 4.57 Å². The zero-order valence-electron chi connectivity index (χ0n) is 23.4. The van der Waals surface area contributed by atoms with Gasteiger partial charge in [0.15, 0.2) is 0 Å². The van der Waals surface area contributed by atoms with Crippen molar-refractivity contribution in [2.24, 2.45) is 5.92 Å². The molecule has 1 aromatic heterocycles. The molecule has 2 aliphatic rings. The maximum Gasteiger partial charge on any atom is 0.255 e. The van der Waals surface area contributed by atoms with Crippen molar-refractivity contribution in [1.29, 1.82) is 0 Å². The highest BCUT2D eigenvalue weighted by molar-refractivity contribution is 6.31. The lowest BCUT2D eigenvalue weighted by Crippen LogP contribution is -2.47. The minimum atomic E-state index is -0.310. The van der Waals surface area contributed by atoms with Crippen molar-refractivity contribution in [3.05, 3.63) is 117 Å². The Hall–Kier alpha value is -4.56. The van der Waals surface area contributed by atoms with Gasteiger partial charge in [0.2, 0.25) is 0 Å². The second-order valence-corrected chi connectivity index (χ2v) is 11.4. The summed E-state index contributed by atoms with van der Waals surface area (Å²) in [4.78, 5) is 41.5. The number of methoxy groups -OCH3 is 1. The van der Waals surface area contributed by atoms with Gasteiger partial charge in [0.25, 0.3) is 17.4 Å². The summed E-state index contributed by atoms with van der Waals surface area (Å²) in [6.45, 7) is 3.98. The molecule has 0 unspecified atom stereocenters. The molecule has 42 heavy (non-hydrogen) atoms. The number of nitrogens with zero attached hydrogens (tertiary/aromatic N) is 2. The normalized spacial score (nSPS) is 17.3. The summed E-state index contributed by atoms with van der Waals surface area (Å²) in [6.07, 6.45) is 1.01. The lowest BCUT2D eigenvalue weighted by Gasteiger charge is -2.44. The number of halogens is 1. The second kappa shape index (κ2) is 11.4. The van der Waals surface area contributed by atoms with Gasteiger partial charge in [-0.3, -0.25) is 14.4 Å². The summed E-state index contributed by atoms with van der Waals surface area (Å²) in [5.74, 6) is 0.522. The van der Waals surface area contributed by atoms with E-state index in [0.717, 1.165) is 29.9 Å². The number of aromatic nitrogens is 1. The van der Waals surface area contributed by atoms with Gasteiger partial charge in [0.1, 0.15) is 5.75 Å². The molecule has 4 aromatic rings. The van der Waals surface area contributed by atoms with Gasteiger partial charge >= 0.3 is 0 Å². The number of benzene rings is 3. The van der Waals surface area contributed by atoms with Crippen LogP contribution in [0.5, 0.6) is 5.75 Å². The third-order valence-electron chi connectivity index (χ3n) is 8.13. The zero-order valence-corrected chi connectivity index (χ0v) is 24.1. The van der Waals surface area contributed by atoms with Crippen LogP contribution < -0.4 is 25.8 Å². The highest BCUT2D eigenvalue weighted by atomic mass is 35.5. The predicted octanol–water partition coefficient (Wildman–Crippen LogP) is 5.95.